The van der Waals surface area contributed by atoms with E-state index in [1.807, 2.05) is 6.07 Å². The number of fused-ring (bicyclic) bond motifs is 1. The number of hydrogen-bond acceptors (Lipinski definition) is 4. The molecular formula is C12H15NO3. The second-order valence-corrected chi connectivity index (χ2v) is 4.14. The van der Waals surface area contributed by atoms with Crippen LogP contribution in [0.5, 0.6) is 17.2 Å². The Morgan fingerprint density at radius 1 is 1.31 bits per heavy atom. The topological polar surface area (TPSA) is 39.7 Å². The van der Waals surface area contributed by atoms with E-state index < -0.39 is 0 Å². The summed E-state index contributed by atoms with van der Waals surface area (Å²) in [5.74, 6) is 3.04. The summed E-state index contributed by atoms with van der Waals surface area (Å²) < 4.78 is 16.2. The summed E-state index contributed by atoms with van der Waals surface area (Å²) in [5.41, 5.74) is 1.22. The molecule has 1 fully saturated rings. The van der Waals surface area contributed by atoms with Crippen molar-refractivity contribution in [3.63, 3.8) is 0 Å². The molecule has 2 aliphatic rings. The number of ether oxygens (including phenoxy) is 3. The highest BCUT2D eigenvalue weighted by Crippen LogP contribution is 2.41. The van der Waals surface area contributed by atoms with Crippen molar-refractivity contribution in [3.05, 3.63) is 17.7 Å². The van der Waals surface area contributed by atoms with Crippen LogP contribution < -0.4 is 19.5 Å². The number of nitrogens with one attached hydrogen (secondary N) is 1. The fraction of sp³-hybridized carbons (Fsp3) is 0.500. The molecular weight excluding hydrogens is 206 g/mol. The first-order valence-corrected chi connectivity index (χ1v) is 5.56. The standard InChI is InChI=1S/C12H15NO3/c1-14-10-5-12-11(15-7-16-12)4-9(10)8-2-3-13-6-8/h4-5,8,13H,2-3,6-7H2,1H3. The molecule has 0 bridgehead atoms. The summed E-state index contributed by atoms with van der Waals surface area (Å²) >= 11 is 0. The molecule has 2 aliphatic heterocycles. The van der Waals surface area contributed by atoms with Crippen molar-refractivity contribution in [3.8, 4) is 17.2 Å². The van der Waals surface area contributed by atoms with Gasteiger partial charge in [-0.15, -0.1) is 0 Å². The third-order valence-corrected chi connectivity index (χ3v) is 3.23. The van der Waals surface area contributed by atoms with Gasteiger partial charge in [0.25, 0.3) is 0 Å². The molecule has 1 aromatic rings. The lowest BCUT2D eigenvalue weighted by molar-refractivity contribution is 0.174. The maximum Gasteiger partial charge on any atom is 0.231 e. The first kappa shape index (κ1) is 9.78. The van der Waals surface area contributed by atoms with Crippen LogP contribution >= 0.6 is 0 Å². The molecule has 0 amide bonds. The number of rotatable bonds is 2. The average molecular weight is 221 g/mol. The summed E-state index contributed by atoms with van der Waals surface area (Å²) in [6, 6.07) is 3.98. The summed E-state index contributed by atoms with van der Waals surface area (Å²) in [7, 11) is 1.70. The first-order valence-electron chi connectivity index (χ1n) is 5.56. The van der Waals surface area contributed by atoms with E-state index in [9.17, 15) is 0 Å². The van der Waals surface area contributed by atoms with Gasteiger partial charge in [-0.2, -0.15) is 0 Å². The molecule has 4 heteroatoms. The molecule has 1 unspecified atom stereocenters. The van der Waals surface area contributed by atoms with Gasteiger partial charge in [0.05, 0.1) is 7.11 Å². The lowest BCUT2D eigenvalue weighted by Crippen LogP contribution is -2.08. The van der Waals surface area contributed by atoms with E-state index in [4.69, 9.17) is 14.2 Å². The molecule has 0 radical (unpaired) electrons. The minimum Gasteiger partial charge on any atom is -0.496 e. The predicted octanol–water partition coefficient (Wildman–Crippen LogP) is 1.50. The number of methoxy groups -OCH3 is 1. The summed E-state index contributed by atoms with van der Waals surface area (Å²) in [5, 5.41) is 3.36. The summed E-state index contributed by atoms with van der Waals surface area (Å²) in [4.78, 5) is 0. The average Bonchev–Trinajstić information content (AvgIpc) is 2.97. The molecule has 3 rings (SSSR count). The fourth-order valence-corrected chi connectivity index (χ4v) is 2.35. The Balaban J connectivity index is 2.01. The zero-order valence-electron chi connectivity index (χ0n) is 9.29. The van der Waals surface area contributed by atoms with Gasteiger partial charge in [0.1, 0.15) is 5.75 Å². The van der Waals surface area contributed by atoms with Crippen LogP contribution in [0.2, 0.25) is 0 Å². The first-order chi connectivity index (χ1) is 7.88. The molecule has 16 heavy (non-hydrogen) atoms. The largest absolute Gasteiger partial charge is 0.496 e. The lowest BCUT2D eigenvalue weighted by Gasteiger charge is -2.14. The smallest absolute Gasteiger partial charge is 0.231 e. The molecule has 0 saturated carbocycles. The minimum atomic E-state index is 0.310. The highest BCUT2D eigenvalue weighted by Gasteiger charge is 2.24. The van der Waals surface area contributed by atoms with Gasteiger partial charge in [-0.25, -0.2) is 0 Å². The van der Waals surface area contributed by atoms with Crippen LogP contribution in [0.1, 0.15) is 17.9 Å². The van der Waals surface area contributed by atoms with E-state index >= 15 is 0 Å². The van der Waals surface area contributed by atoms with E-state index in [0.717, 1.165) is 36.8 Å². The van der Waals surface area contributed by atoms with Crippen molar-refractivity contribution in [1.29, 1.82) is 0 Å². The third-order valence-electron chi connectivity index (χ3n) is 3.23. The predicted molar refractivity (Wildman–Crippen MR) is 59.3 cm³/mol. The molecule has 4 nitrogen and oxygen atoms in total. The Morgan fingerprint density at radius 3 is 2.81 bits per heavy atom. The van der Waals surface area contributed by atoms with Gasteiger partial charge in [-0.05, 0) is 19.0 Å². The van der Waals surface area contributed by atoms with Crippen LogP contribution in [-0.4, -0.2) is 27.0 Å². The van der Waals surface area contributed by atoms with Crippen molar-refractivity contribution in [1.82, 2.24) is 5.32 Å². The van der Waals surface area contributed by atoms with Gasteiger partial charge in [-0.3, -0.25) is 0 Å². The van der Waals surface area contributed by atoms with Gasteiger partial charge in [0.15, 0.2) is 11.5 Å². The normalized spacial score (nSPS) is 22.4. The zero-order valence-corrected chi connectivity index (χ0v) is 9.29. The van der Waals surface area contributed by atoms with E-state index in [-0.39, 0.29) is 0 Å². The molecule has 2 heterocycles. The molecule has 1 saturated heterocycles. The summed E-state index contributed by atoms with van der Waals surface area (Å²) in [6.45, 7) is 2.39. The van der Waals surface area contributed by atoms with Gasteiger partial charge < -0.3 is 19.5 Å². The Kier molecular flexibility index (Phi) is 2.36. The fourth-order valence-electron chi connectivity index (χ4n) is 2.35. The second kappa shape index (κ2) is 3.87. The zero-order chi connectivity index (χ0) is 11.0. The molecule has 86 valence electrons. The van der Waals surface area contributed by atoms with Crippen LogP contribution in [0, 0.1) is 0 Å². The van der Waals surface area contributed by atoms with Gasteiger partial charge in [0, 0.05) is 24.1 Å². The van der Waals surface area contributed by atoms with Crippen LogP contribution in [0.3, 0.4) is 0 Å². The SMILES string of the molecule is COc1cc2c(cc1C1CCNC1)OCO2. The molecule has 0 aromatic heterocycles. The molecule has 1 aromatic carbocycles. The lowest BCUT2D eigenvalue weighted by atomic mass is 9.97. The van der Waals surface area contributed by atoms with Crippen LogP contribution in [-0.2, 0) is 0 Å². The van der Waals surface area contributed by atoms with E-state index in [2.05, 4.69) is 11.4 Å². The quantitative estimate of drug-likeness (QED) is 0.821. The van der Waals surface area contributed by atoms with Crippen molar-refractivity contribution in [2.45, 2.75) is 12.3 Å². The maximum atomic E-state index is 5.42. The van der Waals surface area contributed by atoms with Crippen molar-refractivity contribution in [2.75, 3.05) is 27.0 Å². The highest BCUT2D eigenvalue weighted by molar-refractivity contribution is 5.53. The number of hydrogen-bond donors (Lipinski definition) is 1. The minimum absolute atomic E-state index is 0.310. The Morgan fingerprint density at radius 2 is 2.12 bits per heavy atom. The highest BCUT2D eigenvalue weighted by atomic mass is 16.7. The molecule has 0 aliphatic carbocycles. The van der Waals surface area contributed by atoms with Crippen LogP contribution in [0.15, 0.2) is 12.1 Å². The Bertz CT molecular complexity index is 399. The van der Waals surface area contributed by atoms with Crippen molar-refractivity contribution < 1.29 is 14.2 Å². The molecule has 1 atom stereocenters. The Labute approximate surface area is 94.5 Å². The molecule has 1 N–H and O–H groups in total. The van der Waals surface area contributed by atoms with Gasteiger partial charge in [0.2, 0.25) is 6.79 Å². The maximum absolute atomic E-state index is 5.42. The van der Waals surface area contributed by atoms with Crippen LogP contribution in [0.25, 0.3) is 0 Å². The third kappa shape index (κ3) is 1.50. The van der Waals surface area contributed by atoms with Gasteiger partial charge in [-0.1, -0.05) is 0 Å². The van der Waals surface area contributed by atoms with Crippen molar-refractivity contribution in [2.24, 2.45) is 0 Å². The van der Waals surface area contributed by atoms with Crippen LogP contribution in [0.4, 0.5) is 0 Å². The summed E-state index contributed by atoms with van der Waals surface area (Å²) in [6.07, 6.45) is 1.15. The second-order valence-electron chi connectivity index (χ2n) is 4.14. The Hall–Kier alpha value is -1.42. The van der Waals surface area contributed by atoms with Gasteiger partial charge >= 0.3 is 0 Å². The monoisotopic (exact) mass is 221 g/mol. The molecule has 0 spiro atoms. The van der Waals surface area contributed by atoms with E-state index in [1.54, 1.807) is 7.11 Å². The van der Waals surface area contributed by atoms with Crippen molar-refractivity contribution >= 4 is 0 Å². The van der Waals surface area contributed by atoms with E-state index in [1.165, 1.54) is 5.56 Å². The number of benzene rings is 1. The van der Waals surface area contributed by atoms with E-state index in [0.29, 0.717) is 12.7 Å².